The Morgan fingerprint density at radius 2 is 0.902 bits per heavy atom. The lowest BCUT2D eigenvalue weighted by Crippen LogP contribution is -2.44. The van der Waals surface area contributed by atoms with E-state index < -0.39 is 41.9 Å². The molecule has 0 bridgehead atoms. The number of nitrogens with two attached hydrogens (primary N) is 1. The van der Waals surface area contributed by atoms with Crippen molar-refractivity contribution in [2.24, 2.45) is 5.73 Å². The van der Waals surface area contributed by atoms with Crippen LogP contribution in [-0.2, 0) is 24.0 Å². The molecule has 41 heavy (non-hydrogen) atoms. The highest BCUT2D eigenvalue weighted by atomic mass is 16.4. The second kappa shape index (κ2) is 25.1. The molecule has 238 valence electrons. The van der Waals surface area contributed by atoms with Gasteiger partial charge in [0.2, 0.25) is 11.8 Å². The minimum Gasteiger partial charge on any atom is -0.480 e. The van der Waals surface area contributed by atoms with Gasteiger partial charge in [0.15, 0.2) is 0 Å². The maximum Gasteiger partial charge on any atom is 0.326 e. The third-order valence-corrected chi connectivity index (χ3v) is 7.26. The molecule has 0 aromatic heterocycles. The van der Waals surface area contributed by atoms with Gasteiger partial charge in [0.1, 0.15) is 18.1 Å². The van der Waals surface area contributed by atoms with Crippen molar-refractivity contribution in [2.45, 2.75) is 160 Å². The van der Waals surface area contributed by atoms with E-state index in [-0.39, 0.29) is 44.4 Å². The van der Waals surface area contributed by atoms with Crippen LogP contribution >= 0.6 is 0 Å². The van der Waals surface area contributed by atoms with Crippen LogP contribution in [0.5, 0.6) is 0 Å². The van der Waals surface area contributed by atoms with E-state index in [0.717, 1.165) is 19.3 Å². The van der Waals surface area contributed by atoms with Gasteiger partial charge in [-0.1, -0.05) is 96.8 Å². The smallest absolute Gasteiger partial charge is 0.326 e. The highest BCUT2D eigenvalue weighted by molar-refractivity contribution is 5.86. The maximum absolute atomic E-state index is 12.2. The molecule has 0 aromatic carbocycles. The normalized spacial score (nSPS) is 13.2. The number of unbranched alkanes of at least 4 members (excludes halogenated alkanes) is 14. The van der Waals surface area contributed by atoms with Crippen LogP contribution in [0.2, 0.25) is 0 Å². The molecule has 2 amide bonds. The van der Waals surface area contributed by atoms with Gasteiger partial charge in [-0.2, -0.15) is 0 Å². The summed E-state index contributed by atoms with van der Waals surface area (Å²) in [6.07, 6.45) is 18.2. The standard InChI is InChI=1S/C30H55N3O8/c1-2-3-4-5-6-7-8-9-10-11-12-13-14-15-16-20-26(34)33-25(30(40)41)21-22-27(35)32-24(29(38)39)19-17-18-23(31)28(36)37/h23-25H,2-22,31H2,1H3,(H,32,35)(H,33,34)(H,36,37)(H,38,39)(H,40,41). The zero-order chi connectivity index (χ0) is 30.9. The van der Waals surface area contributed by atoms with E-state index in [1.54, 1.807) is 0 Å². The topological polar surface area (TPSA) is 196 Å². The van der Waals surface area contributed by atoms with Gasteiger partial charge >= 0.3 is 17.9 Å². The number of rotatable bonds is 28. The summed E-state index contributed by atoms with van der Waals surface area (Å²) in [6, 6.07) is -3.61. The largest absolute Gasteiger partial charge is 0.480 e. The monoisotopic (exact) mass is 585 g/mol. The van der Waals surface area contributed by atoms with E-state index in [4.69, 9.17) is 10.8 Å². The molecule has 11 heteroatoms. The zero-order valence-corrected chi connectivity index (χ0v) is 25.0. The van der Waals surface area contributed by atoms with Crippen molar-refractivity contribution in [3.63, 3.8) is 0 Å². The van der Waals surface area contributed by atoms with Crippen LogP contribution in [0, 0.1) is 0 Å². The van der Waals surface area contributed by atoms with Gasteiger partial charge in [0, 0.05) is 12.8 Å². The second-order valence-corrected chi connectivity index (χ2v) is 11.0. The van der Waals surface area contributed by atoms with Crippen LogP contribution in [0.1, 0.15) is 142 Å². The van der Waals surface area contributed by atoms with Crippen LogP contribution in [0.4, 0.5) is 0 Å². The highest BCUT2D eigenvalue weighted by Gasteiger charge is 2.24. The Kier molecular flexibility index (Phi) is 23.4. The van der Waals surface area contributed by atoms with Crippen LogP contribution in [0.3, 0.4) is 0 Å². The molecule has 3 atom stereocenters. The van der Waals surface area contributed by atoms with Crippen LogP contribution in [-0.4, -0.2) is 63.2 Å². The molecule has 3 unspecified atom stereocenters. The third kappa shape index (κ3) is 22.7. The van der Waals surface area contributed by atoms with Gasteiger partial charge in [0.05, 0.1) is 0 Å². The summed E-state index contributed by atoms with van der Waals surface area (Å²) in [6.45, 7) is 2.24. The first-order valence-electron chi connectivity index (χ1n) is 15.6. The summed E-state index contributed by atoms with van der Waals surface area (Å²) in [7, 11) is 0. The molecule has 0 saturated heterocycles. The fourth-order valence-electron chi connectivity index (χ4n) is 4.65. The predicted molar refractivity (Wildman–Crippen MR) is 157 cm³/mol. The second-order valence-electron chi connectivity index (χ2n) is 11.0. The van der Waals surface area contributed by atoms with E-state index in [1.165, 1.54) is 70.6 Å². The maximum atomic E-state index is 12.2. The van der Waals surface area contributed by atoms with Crippen LogP contribution in [0.15, 0.2) is 0 Å². The van der Waals surface area contributed by atoms with Crippen molar-refractivity contribution in [3.05, 3.63) is 0 Å². The predicted octanol–water partition coefficient (Wildman–Crippen LogP) is 4.75. The summed E-state index contributed by atoms with van der Waals surface area (Å²) in [5, 5.41) is 32.3. The molecule has 0 heterocycles. The number of carbonyl (C=O) groups excluding carboxylic acids is 2. The SMILES string of the molecule is CCCCCCCCCCCCCCCCCC(=O)NC(CCC(=O)NC(CCCC(N)C(=O)O)C(=O)O)C(=O)O. The van der Waals surface area contributed by atoms with Crippen molar-refractivity contribution >= 4 is 29.7 Å². The lowest BCUT2D eigenvalue weighted by molar-refractivity contribution is -0.143. The van der Waals surface area contributed by atoms with Gasteiger partial charge in [0.25, 0.3) is 0 Å². The average Bonchev–Trinajstić information content (AvgIpc) is 2.92. The molecular weight excluding hydrogens is 530 g/mol. The molecule has 0 aromatic rings. The minimum absolute atomic E-state index is 0.0135. The van der Waals surface area contributed by atoms with E-state index >= 15 is 0 Å². The fourth-order valence-corrected chi connectivity index (χ4v) is 4.65. The number of aliphatic carboxylic acids is 3. The summed E-state index contributed by atoms with van der Waals surface area (Å²) in [5.41, 5.74) is 5.40. The number of carboxylic acid groups (broad SMARTS) is 3. The zero-order valence-electron chi connectivity index (χ0n) is 25.0. The number of amides is 2. The van der Waals surface area contributed by atoms with Crippen molar-refractivity contribution in [2.75, 3.05) is 0 Å². The number of nitrogens with one attached hydrogen (secondary N) is 2. The Morgan fingerprint density at radius 1 is 0.512 bits per heavy atom. The molecule has 0 fully saturated rings. The van der Waals surface area contributed by atoms with Gasteiger partial charge in [-0.3, -0.25) is 14.4 Å². The first kappa shape index (κ1) is 38.3. The fraction of sp³-hybridized carbons (Fsp3) is 0.833. The molecule has 0 rings (SSSR count). The minimum atomic E-state index is -1.28. The van der Waals surface area contributed by atoms with Crippen LogP contribution < -0.4 is 16.4 Å². The van der Waals surface area contributed by atoms with Crippen molar-refractivity contribution in [1.82, 2.24) is 10.6 Å². The van der Waals surface area contributed by atoms with Crippen LogP contribution in [0.25, 0.3) is 0 Å². The average molecular weight is 586 g/mol. The Morgan fingerprint density at radius 3 is 1.32 bits per heavy atom. The van der Waals surface area contributed by atoms with E-state index in [1.807, 2.05) is 0 Å². The van der Waals surface area contributed by atoms with E-state index in [9.17, 15) is 34.2 Å². The number of hydrogen-bond donors (Lipinski definition) is 6. The van der Waals surface area contributed by atoms with Gasteiger partial charge < -0.3 is 31.7 Å². The molecule has 0 aliphatic carbocycles. The van der Waals surface area contributed by atoms with Gasteiger partial charge in [-0.25, -0.2) is 9.59 Å². The molecule has 0 saturated carbocycles. The van der Waals surface area contributed by atoms with Crippen molar-refractivity contribution in [3.8, 4) is 0 Å². The molecule has 0 spiro atoms. The molecule has 0 aliphatic rings. The molecule has 7 N–H and O–H groups in total. The molecule has 0 aliphatic heterocycles. The number of carbonyl (C=O) groups is 5. The Balaban J connectivity index is 4.03. The first-order valence-corrected chi connectivity index (χ1v) is 15.6. The van der Waals surface area contributed by atoms with E-state index in [2.05, 4.69) is 17.6 Å². The Bertz CT molecular complexity index is 762. The lowest BCUT2D eigenvalue weighted by Gasteiger charge is -2.17. The van der Waals surface area contributed by atoms with Crippen molar-refractivity contribution < 1.29 is 39.3 Å². The first-order chi connectivity index (χ1) is 19.6. The lowest BCUT2D eigenvalue weighted by atomic mass is 10.0. The summed E-state index contributed by atoms with van der Waals surface area (Å²) in [4.78, 5) is 58.1. The van der Waals surface area contributed by atoms with Gasteiger partial charge in [-0.15, -0.1) is 0 Å². The molecular formula is C30H55N3O8. The molecule has 11 nitrogen and oxygen atoms in total. The Labute approximate surface area is 245 Å². The van der Waals surface area contributed by atoms with Crippen molar-refractivity contribution in [1.29, 1.82) is 0 Å². The quantitative estimate of drug-likeness (QED) is 0.0702. The summed E-state index contributed by atoms with van der Waals surface area (Å²) < 4.78 is 0. The highest BCUT2D eigenvalue weighted by Crippen LogP contribution is 2.14. The molecule has 0 radical (unpaired) electrons. The number of carboxylic acids is 3. The van der Waals surface area contributed by atoms with Gasteiger partial charge in [-0.05, 0) is 32.1 Å². The van der Waals surface area contributed by atoms with E-state index in [0.29, 0.717) is 6.42 Å². The third-order valence-electron chi connectivity index (χ3n) is 7.26. The summed E-state index contributed by atoms with van der Waals surface area (Å²) >= 11 is 0. The Hall–Kier alpha value is -2.69. The summed E-state index contributed by atoms with van der Waals surface area (Å²) in [5.74, 6) is -4.79. The number of hydrogen-bond acceptors (Lipinski definition) is 6.